The van der Waals surface area contributed by atoms with Crippen LogP contribution >= 0.6 is 0 Å². The van der Waals surface area contributed by atoms with Crippen molar-refractivity contribution in [2.45, 2.75) is 58.3 Å². The molecule has 0 bridgehead atoms. The van der Waals surface area contributed by atoms with E-state index in [9.17, 15) is 15.0 Å². The van der Waals surface area contributed by atoms with Crippen LogP contribution in [0.4, 0.5) is 0 Å². The predicted octanol–water partition coefficient (Wildman–Crippen LogP) is 2.07. The molecule has 0 fully saturated rings. The van der Waals surface area contributed by atoms with E-state index in [1.807, 2.05) is 16.8 Å². The van der Waals surface area contributed by atoms with Crippen molar-refractivity contribution in [2.24, 2.45) is 0 Å². The molecular formula is C20H29N5O3. The third-order valence-corrected chi connectivity index (χ3v) is 5.09. The highest BCUT2D eigenvalue weighted by Gasteiger charge is 2.22. The van der Waals surface area contributed by atoms with Gasteiger partial charge in [0.15, 0.2) is 5.78 Å². The van der Waals surface area contributed by atoms with Gasteiger partial charge in [-0.25, -0.2) is 9.97 Å². The van der Waals surface area contributed by atoms with Gasteiger partial charge in [-0.05, 0) is 32.4 Å². The first-order chi connectivity index (χ1) is 13.6. The minimum Gasteiger partial charge on any atom is -0.388 e. The van der Waals surface area contributed by atoms with Gasteiger partial charge in [-0.15, -0.1) is 0 Å². The smallest absolute Gasteiger partial charge is 0.161 e. The number of nitrogens with one attached hydrogen (secondary N) is 2. The Hall–Kier alpha value is -2.29. The van der Waals surface area contributed by atoms with Crippen LogP contribution in [0.15, 0.2) is 18.5 Å². The van der Waals surface area contributed by atoms with Gasteiger partial charge in [0.1, 0.15) is 29.7 Å². The summed E-state index contributed by atoms with van der Waals surface area (Å²) in [4.78, 5) is 24.1. The zero-order chi connectivity index (χ0) is 20.1. The summed E-state index contributed by atoms with van der Waals surface area (Å²) in [5.41, 5.74) is 2.38. The number of aromatic amines is 1. The number of ketones is 1. The summed E-state index contributed by atoms with van der Waals surface area (Å²) in [6.45, 7) is 4.98. The topological polar surface area (TPSA) is 116 Å². The Labute approximate surface area is 164 Å². The largest absolute Gasteiger partial charge is 0.388 e. The molecule has 0 aliphatic heterocycles. The highest BCUT2D eigenvalue weighted by molar-refractivity contribution is 6.01. The normalized spacial score (nSPS) is 14.0. The predicted molar refractivity (Wildman–Crippen MR) is 108 cm³/mol. The maximum Gasteiger partial charge on any atom is 0.161 e. The number of rotatable bonds is 11. The Morgan fingerprint density at radius 3 is 2.96 bits per heavy atom. The quantitative estimate of drug-likeness (QED) is 0.374. The highest BCUT2D eigenvalue weighted by Crippen LogP contribution is 2.29. The second-order valence-corrected chi connectivity index (χ2v) is 7.18. The lowest BCUT2D eigenvalue weighted by Gasteiger charge is -2.22. The molecule has 0 aromatic carbocycles. The summed E-state index contributed by atoms with van der Waals surface area (Å²) in [5, 5.41) is 23.9. The molecule has 3 heterocycles. The molecule has 0 saturated carbocycles. The van der Waals surface area contributed by atoms with Crippen LogP contribution in [0.5, 0.6) is 0 Å². The molecule has 0 aliphatic carbocycles. The Bertz CT molecular complexity index is 931. The Balaban J connectivity index is 2.00. The third-order valence-electron chi connectivity index (χ3n) is 5.09. The fourth-order valence-corrected chi connectivity index (χ4v) is 3.56. The highest BCUT2D eigenvalue weighted by atomic mass is 16.3. The molecule has 0 aliphatic rings. The Morgan fingerprint density at radius 1 is 1.43 bits per heavy atom. The zero-order valence-corrected chi connectivity index (χ0v) is 16.5. The fraction of sp³-hybridized carbons (Fsp3) is 0.550. The molecule has 3 aromatic rings. The summed E-state index contributed by atoms with van der Waals surface area (Å²) in [7, 11) is 0. The molecule has 3 aromatic heterocycles. The van der Waals surface area contributed by atoms with Crippen LogP contribution in [0, 0.1) is 0 Å². The number of H-pyrrole nitrogens is 1. The molecule has 0 spiro atoms. The number of hydrogen-bond acceptors (Lipinski definition) is 6. The zero-order valence-electron chi connectivity index (χ0n) is 16.5. The van der Waals surface area contributed by atoms with Gasteiger partial charge in [0.25, 0.3) is 0 Å². The fourth-order valence-electron chi connectivity index (χ4n) is 3.56. The first kappa shape index (κ1) is 20.4. The molecule has 2 unspecified atom stereocenters. The van der Waals surface area contributed by atoms with E-state index in [-0.39, 0.29) is 24.9 Å². The molecule has 8 heteroatoms. The van der Waals surface area contributed by atoms with E-state index in [2.05, 4.69) is 27.2 Å². The molecule has 28 heavy (non-hydrogen) atoms. The van der Waals surface area contributed by atoms with Gasteiger partial charge in [0.05, 0.1) is 11.7 Å². The van der Waals surface area contributed by atoms with Crippen LogP contribution in [0.2, 0.25) is 0 Å². The number of carbonyl (C=O) groups excluding carboxylic acids is 1. The number of unbranched alkanes of at least 4 members (excludes halogenated alkanes) is 1. The van der Waals surface area contributed by atoms with Crippen molar-refractivity contribution in [3.05, 3.63) is 24.3 Å². The molecule has 0 radical (unpaired) electrons. The number of aromatic nitrogens is 4. The number of pyridine rings is 1. The van der Waals surface area contributed by atoms with E-state index >= 15 is 0 Å². The minimum absolute atomic E-state index is 0.0767. The molecule has 0 saturated heterocycles. The number of carbonyl (C=O) groups is 1. The van der Waals surface area contributed by atoms with Gasteiger partial charge in [0.2, 0.25) is 0 Å². The number of fused-ring (bicyclic) bond motifs is 3. The summed E-state index contributed by atoms with van der Waals surface area (Å²) in [6, 6.07) is 1.87. The van der Waals surface area contributed by atoms with E-state index in [4.69, 9.17) is 0 Å². The monoisotopic (exact) mass is 387 g/mol. The molecule has 8 nitrogen and oxygen atoms in total. The van der Waals surface area contributed by atoms with Crippen LogP contribution in [0.25, 0.3) is 22.1 Å². The molecule has 0 amide bonds. The summed E-state index contributed by atoms with van der Waals surface area (Å²) in [6.07, 6.45) is 5.56. The summed E-state index contributed by atoms with van der Waals surface area (Å²) >= 11 is 0. The first-order valence-electron chi connectivity index (χ1n) is 9.92. The van der Waals surface area contributed by atoms with Gasteiger partial charge in [-0.1, -0.05) is 13.3 Å². The standard InChI is InChI=1S/C20H29N5O3/c1-3-4-8-21-10-14(5-6-17(28)13(2)27)25-18(12-26)24-16-11-23-20-15(19(16)25)7-9-22-20/h7,9,11,13-14,21,26-27H,3-6,8,10,12H2,1-2H3,(H,22,23). The van der Waals surface area contributed by atoms with Crippen molar-refractivity contribution < 1.29 is 15.0 Å². The van der Waals surface area contributed by atoms with Crippen molar-refractivity contribution >= 4 is 27.9 Å². The molecule has 152 valence electrons. The van der Waals surface area contributed by atoms with Gasteiger partial charge < -0.3 is 25.1 Å². The second kappa shape index (κ2) is 9.27. The summed E-state index contributed by atoms with van der Waals surface area (Å²) in [5.74, 6) is 0.374. The Morgan fingerprint density at radius 2 is 2.25 bits per heavy atom. The minimum atomic E-state index is -0.967. The van der Waals surface area contributed by atoms with Crippen molar-refractivity contribution in [3.8, 4) is 0 Å². The lowest BCUT2D eigenvalue weighted by atomic mass is 10.1. The van der Waals surface area contributed by atoms with Gasteiger partial charge in [0, 0.05) is 30.6 Å². The Kier molecular flexibility index (Phi) is 6.77. The average Bonchev–Trinajstić information content (AvgIpc) is 3.30. The first-order valence-corrected chi connectivity index (χ1v) is 9.92. The average molecular weight is 387 g/mol. The van der Waals surface area contributed by atoms with Crippen molar-refractivity contribution in [2.75, 3.05) is 13.1 Å². The van der Waals surface area contributed by atoms with E-state index < -0.39 is 6.10 Å². The van der Waals surface area contributed by atoms with E-state index in [0.717, 1.165) is 41.5 Å². The molecule has 3 rings (SSSR count). The molecule has 2 atom stereocenters. The second-order valence-electron chi connectivity index (χ2n) is 7.18. The number of aliphatic hydroxyl groups is 2. The number of Topliss-reactive ketones (excluding diaryl/α,β-unsaturated/α-hetero) is 1. The van der Waals surface area contributed by atoms with E-state index in [1.54, 1.807) is 6.20 Å². The van der Waals surface area contributed by atoms with Gasteiger partial charge >= 0.3 is 0 Å². The number of hydrogen-bond donors (Lipinski definition) is 4. The lowest BCUT2D eigenvalue weighted by molar-refractivity contribution is -0.126. The van der Waals surface area contributed by atoms with Crippen molar-refractivity contribution in [1.29, 1.82) is 0 Å². The van der Waals surface area contributed by atoms with Crippen LogP contribution < -0.4 is 5.32 Å². The van der Waals surface area contributed by atoms with Gasteiger partial charge in [-0.2, -0.15) is 0 Å². The molecule has 4 N–H and O–H groups in total. The van der Waals surface area contributed by atoms with Gasteiger partial charge in [-0.3, -0.25) is 4.79 Å². The van der Waals surface area contributed by atoms with Crippen molar-refractivity contribution in [1.82, 2.24) is 24.8 Å². The van der Waals surface area contributed by atoms with Crippen LogP contribution in [0.1, 0.15) is 51.4 Å². The van der Waals surface area contributed by atoms with Crippen molar-refractivity contribution in [3.63, 3.8) is 0 Å². The molecular weight excluding hydrogens is 358 g/mol. The summed E-state index contributed by atoms with van der Waals surface area (Å²) < 4.78 is 2.03. The number of nitrogens with zero attached hydrogens (tertiary/aromatic N) is 3. The van der Waals surface area contributed by atoms with E-state index in [0.29, 0.717) is 18.8 Å². The lowest BCUT2D eigenvalue weighted by Crippen LogP contribution is -2.28. The van der Waals surface area contributed by atoms with Crippen LogP contribution in [-0.2, 0) is 11.4 Å². The maximum absolute atomic E-state index is 12.0. The number of aliphatic hydroxyl groups excluding tert-OH is 2. The number of imidazole rings is 1. The third kappa shape index (κ3) is 4.24. The maximum atomic E-state index is 12.0. The van der Waals surface area contributed by atoms with Crippen LogP contribution in [-0.4, -0.2) is 54.7 Å². The SMILES string of the molecule is CCCCNCC(CCC(=O)C(C)O)n1c(CO)nc2cnc3[nH]ccc3c21. The van der Waals surface area contributed by atoms with Crippen LogP contribution in [0.3, 0.4) is 0 Å². The van der Waals surface area contributed by atoms with E-state index in [1.165, 1.54) is 6.92 Å².